The highest BCUT2D eigenvalue weighted by atomic mass is 35.5. The van der Waals surface area contributed by atoms with Gasteiger partial charge in [0.2, 0.25) is 0 Å². The van der Waals surface area contributed by atoms with E-state index in [9.17, 15) is 9.59 Å². The van der Waals surface area contributed by atoms with Crippen molar-refractivity contribution < 1.29 is 14.0 Å². The van der Waals surface area contributed by atoms with Gasteiger partial charge in [-0.05, 0) is 25.0 Å². The van der Waals surface area contributed by atoms with Crippen LogP contribution < -0.4 is 10.7 Å². The Bertz CT molecular complexity index is 765. The van der Waals surface area contributed by atoms with E-state index < -0.39 is 11.8 Å². The highest BCUT2D eigenvalue weighted by Crippen LogP contribution is 2.18. The van der Waals surface area contributed by atoms with E-state index in [-0.39, 0.29) is 6.54 Å². The maximum Gasteiger partial charge on any atom is 0.329 e. The molecule has 0 aliphatic carbocycles. The van der Waals surface area contributed by atoms with Crippen LogP contribution in [0.2, 0.25) is 5.15 Å². The first kappa shape index (κ1) is 18.7. The van der Waals surface area contributed by atoms with E-state index in [1.54, 1.807) is 23.7 Å². The molecule has 2 heterocycles. The number of aromatic nitrogens is 2. The number of nitrogens with one attached hydrogen (secondary N) is 2. The largest absolute Gasteiger partial charge is 0.467 e. The van der Waals surface area contributed by atoms with Crippen molar-refractivity contribution >= 4 is 29.6 Å². The van der Waals surface area contributed by atoms with Crippen molar-refractivity contribution in [1.29, 1.82) is 0 Å². The van der Waals surface area contributed by atoms with Crippen molar-refractivity contribution in [3.05, 3.63) is 40.6 Å². The first-order valence-corrected chi connectivity index (χ1v) is 8.12. The SMILES string of the molecule is Cc1nn(CC(C)C)c(Cl)c1/C=N\NC(=O)C(=O)NCc1ccco1. The number of rotatable bonds is 6. The van der Waals surface area contributed by atoms with Crippen LogP contribution in [0.4, 0.5) is 0 Å². The highest BCUT2D eigenvalue weighted by molar-refractivity contribution is 6.35. The number of hydrazone groups is 1. The molecule has 134 valence electrons. The van der Waals surface area contributed by atoms with Crippen LogP contribution in [0.15, 0.2) is 27.9 Å². The minimum absolute atomic E-state index is 0.121. The van der Waals surface area contributed by atoms with Gasteiger partial charge in [-0.3, -0.25) is 14.3 Å². The minimum atomic E-state index is -0.883. The first-order valence-electron chi connectivity index (χ1n) is 7.75. The third-order valence-electron chi connectivity index (χ3n) is 3.22. The van der Waals surface area contributed by atoms with E-state index in [0.29, 0.717) is 34.6 Å². The van der Waals surface area contributed by atoms with Crippen LogP contribution in [0, 0.1) is 12.8 Å². The lowest BCUT2D eigenvalue weighted by Crippen LogP contribution is -2.37. The average molecular weight is 366 g/mol. The zero-order valence-corrected chi connectivity index (χ0v) is 15.0. The summed E-state index contributed by atoms with van der Waals surface area (Å²) in [6.07, 6.45) is 2.86. The number of nitrogens with zero attached hydrogens (tertiary/aromatic N) is 3. The van der Waals surface area contributed by atoms with Crippen molar-refractivity contribution in [3.8, 4) is 0 Å². The molecule has 0 radical (unpaired) electrons. The number of carbonyl (C=O) groups excluding carboxylic acids is 2. The molecular weight excluding hydrogens is 346 g/mol. The Labute approximate surface area is 150 Å². The van der Waals surface area contributed by atoms with Crippen LogP contribution in [0.1, 0.15) is 30.9 Å². The summed E-state index contributed by atoms with van der Waals surface area (Å²) in [5.74, 6) is -0.762. The highest BCUT2D eigenvalue weighted by Gasteiger charge is 2.14. The molecule has 0 aliphatic rings. The minimum Gasteiger partial charge on any atom is -0.467 e. The Morgan fingerprint density at radius 3 is 2.84 bits per heavy atom. The molecule has 0 aromatic carbocycles. The first-order chi connectivity index (χ1) is 11.9. The van der Waals surface area contributed by atoms with E-state index in [1.807, 2.05) is 0 Å². The van der Waals surface area contributed by atoms with E-state index >= 15 is 0 Å². The number of carbonyl (C=O) groups is 2. The molecule has 2 amide bonds. The van der Waals surface area contributed by atoms with Crippen molar-refractivity contribution in [2.24, 2.45) is 11.0 Å². The fraction of sp³-hybridized carbons (Fsp3) is 0.375. The molecule has 25 heavy (non-hydrogen) atoms. The standard InChI is InChI=1S/C16H20ClN5O3/c1-10(2)9-22-14(17)13(11(3)21-22)8-19-20-16(24)15(23)18-7-12-5-4-6-25-12/h4-6,8,10H,7,9H2,1-3H3,(H,18,23)(H,20,24)/b19-8-. The van der Waals surface area contributed by atoms with Crippen molar-refractivity contribution in [2.75, 3.05) is 0 Å². The Morgan fingerprint density at radius 2 is 2.20 bits per heavy atom. The lowest BCUT2D eigenvalue weighted by Gasteiger charge is -2.05. The van der Waals surface area contributed by atoms with Gasteiger partial charge in [0, 0.05) is 6.54 Å². The number of halogens is 1. The summed E-state index contributed by atoms with van der Waals surface area (Å²) >= 11 is 6.27. The van der Waals surface area contributed by atoms with E-state index in [2.05, 4.69) is 34.8 Å². The molecule has 2 aromatic heterocycles. The number of hydrogen-bond donors (Lipinski definition) is 2. The quantitative estimate of drug-likeness (QED) is 0.463. The van der Waals surface area contributed by atoms with Gasteiger partial charge in [-0.2, -0.15) is 10.2 Å². The molecule has 0 atom stereocenters. The molecule has 0 saturated heterocycles. The molecule has 2 rings (SSSR count). The molecule has 0 unspecified atom stereocenters. The molecule has 0 bridgehead atoms. The number of hydrogen-bond acceptors (Lipinski definition) is 5. The second-order valence-corrected chi connectivity index (χ2v) is 6.19. The van der Waals surface area contributed by atoms with Gasteiger partial charge in [-0.25, -0.2) is 5.43 Å². The Morgan fingerprint density at radius 1 is 1.44 bits per heavy atom. The summed E-state index contributed by atoms with van der Waals surface area (Å²) in [6.45, 7) is 6.71. The third kappa shape index (κ3) is 5.18. The molecule has 8 nitrogen and oxygen atoms in total. The maximum atomic E-state index is 11.7. The topological polar surface area (TPSA) is 102 Å². The summed E-state index contributed by atoms with van der Waals surface area (Å²) in [6, 6.07) is 3.38. The van der Waals surface area contributed by atoms with Crippen LogP contribution in [0.25, 0.3) is 0 Å². The molecule has 0 spiro atoms. The molecular formula is C16H20ClN5O3. The van der Waals surface area contributed by atoms with Gasteiger partial charge in [0.25, 0.3) is 0 Å². The van der Waals surface area contributed by atoms with Crippen LogP contribution >= 0.6 is 11.6 Å². The summed E-state index contributed by atoms with van der Waals surface area (Å²) in [7, 11) is 0. The predicted molar refractivity (Wildman–Crippen MR) is 93.1 cm³/mol. The Hall–Kier alpha value is -2.61. The van der Waals surface area contributed by atoms with Crippen molar-refractivity contribution in [2.45, 2.75) is 33.9 Å². The van der Waals surface area contributed by atoms with Crippen LogP contribution in [0.3, 0.4) is 0 Å². The molecule has 2 aromatic rings. The average Bonchev–Trinajstić information content (AvgIpc) is 3.15. The molecule has 0 aliphatic heterocycles. The fourth-order valence-electron chi connectivity index (χ4n) is 2.05. The van der Waals surface area contributed by atoms with Gasteiger partial charge in [0.05, 0.1) is 30.3 Å². The number of furan rings is 1. The van der Waals surface area contributed by atoms with Gasteiger partial charge in [-0.1, -0.05) is 25.4 Å². The molecule has 2 N–H and O–H groups in total. The smallest absolute Gasteiger partial charge is 0.329 e. The zero-order chi connectivity index (χ0) is 18.4. The van der Waals surface area contributed by atoms with Gasteiger partial charge in [0.1, 0.15) is 10.9 Å². The van der Waals surface area contributed by atoms with Crippen LogP contribution in [-0.2, 0) is 22.7 Å². The lowest BCUT2D eigenvalue weighted by atomic mass is 10.2. The molecule has 0 fully saturated rings. The van der Waals surface area contributed by atoms with Gasteiger partial charge < -0.3 is 9.73 Å². The fourth-order valence-corrected chi connectivity index (χ4v) is 2.34. The van der Waals surface area contributed by atoms with Gasteiger partial charge in [-0.15, -0.1) is 0 Å². The summed E-state index contributed by atoms with van der Waals surface area (Å²) in [4.78, 5) is 23.4. The lowest BCUT2D eigenvalue weighted by molar-refractivity contribution is -0.139. The molecule has 9 heteroatoms. The van der Waals surface area contributed by atoms with Crippen LogP contribution in [0.5, 0.6) is 0 Å². The second kappa shape index (κ2) is 8.48. The van der Waals surface area contributed by atoms with Gasteiger partial charge in [0.15, 0.2) is 0 Å². The van der Waals surface area contributed by atoms with Crippen molar-refractivity contribution in [1.82, 2.24) is 20.5 Å². The van der Waals surface area contributed by atoms with Crippen LogP contribution in [-0.4, -0.2) is 27.8 Å². The Kier molecular flexibility index (Phi) is 6.35. The normalized spacial score (nSPS) is 11.2. The molecule has 0 saturated carbocycles. The number of amides is 2. The maximum absolute atomic E-state index is 11.7. The van der Waals surface area contributed by atoms with E-state index in [4.69, 9.17) is 16.0 Å². The summed E-state index contributed by atoms with van der Waals surface area (Å²) < 4.78 is 6.74. The van der Waals surface area contributed by atoms with Gasteiger partial charge >= 0.3 is 11.8 Å². The van der Waals surface area contributed by atoms with Crippen molar-refractivity contribution in [3.63, 3.8) is 0 Å². The Balaban J connectivity index is 1.90. The zero-order valence-electron chi connectivity index (χ0n) is 14.2. The predicted octanol–water partition coefficient (Wildman–Crippen LogP) is 1.86. The monoisotopic (exact) mass is 365 g/mol. The summed E-state index contributed by atoms with van der Waals surface area (Å²) in [5.41, 5.74) is 3.44. The van der Waals surface area contributed by atoms with E-state index in [0.717, 1.165) is 0 Å². The third-order valence-corrected chi connectivity index (χ3v) is 3.62. The van der Waals surface area contributed by atoms with E-state index in [1.165, 1.54) is 12.5 Å². The number of aryl methyl sites for hydroxylation is 1. The summed E-state index contributed by atoms with van der Waals surface area (Å²) in [5, 5.41) is 11.0. The second-order valence-electron chi connectivity index (χ2n) is 5.83.